The Kier molecular flexibility index (Phi) is 3.09. The molecule has 0 N–H and O–H groups in total. The van der Waals surface area contributed by atoms with E-state index in [1.165, 1.54) is 27.3 Å². The molecule has 0 atom stereocenters. The minimum atomic E-state index is 1.08. The zero-order valence-corrected chi connectivity index (χ0v) is 13.4. The average molecular weight is 304 g/mol. The largest absolute Gasteiger partial charge is 0.318 e. The van der Waals surface area contributed by atoms with Gasteiger partial charge in [-0.15, -0.1) is 11.3 Å². The molecule has 0 saturated heterocycles. The summed E-state index contributed by atoms with van der Waals surface area (Å²) in [5.41, 5.74) is 5.97. The second-order valence-electron chi connectivity index (χ2n) is 5.44. The first-order valence-corrected chi connectivity index (χ1v) is 8.16. The van der Waals surface area contributed by atoms with Crippen molar-refractivity contribution in [1.82, 2.24) is 9.55 Å². The first-order valence-electron chi connectivity index (χ1n) is 7.34. The van der Waals surface area contributed by atoms with E-state index in [1.807, 2.05) is 12.1 Å². The van der Waals surface area contributed by atoms with Gasteiger partial charge in [0.1, 0.15) is 5.01 Å². The molecule has 0 radical (unpaired) electrons. The Balaban J connectivity index is 1.90. The first kappa shape index (κ1) is 13.3. The van der Waals surface area contributed by atoms with Crippen molar-refractivity contribution in [3.8, 4) is 16.3 Å². The summed E-state index contributed by atoms with van der Waals surface area (Å²) in [6, 6.07) is 21.0. The highest BCUT2D eigenvalue weighted by molar-refractivity contribution is 7.21. The zero-order valence-electron chi connectivity index (χ0n) is 12.6. The fraction of sp³-hybridized carbons (Fsp3) is 0.105. The minimum Gasteiger partial charge on any atom is -0.318 e. The molecular weight excluding hydrogens is 288 g/mol. The molecule has 0 bridgehead atoms. The van der Waals surface area contributed by atoms with Crippen molar-refractivity contribution in [2.45, 2.75) is 13.8 Å². The third-order valence-electron chi connectivity index (χ3n) is 3.97. The summed E-state index contributed by atoms with van der Waals surface area (Å²) in [5, 5.41) is 1.09. The minimum absolute atomic E-state index is 1.08. The molecule has 0 amide bonds. The van der Waals surface area contributed by atoms with Crippen LogP contribution in [0.3, 0.4) is 0 Å². The van der Waals surface area contributed by atoms with Gasteiger partial charge in [-0.1, -0.05) is 30.3 Å². The van der Waals surface area contributed by atoms with Crippen LogP contribution in [0.1, 0.15) is 11.4 Å². The summed E-state index contributed by atoms with van der Waals surface area (Å²) < 4.78 is 3.53. The Morgan fingerprint density at radius 3 is 2.41 bits per heavy atom. The van der Waals surface area contributed by atoms with Gasteiger partial charge < -0.3 is 4.57 Å². The van der Waals surface area contributed by atoms with Gasteiger partial charge in [0.15, 0.2) is 0 Å². The van der Waals surface area contributed by atoms with Crippen LogP contribution in [0.5, 0.6) is 0 Å². The quantitative estimate of drug-likeness (QED) is 0.487. The highest BCUT2D eigenvalue weighted by atomic mass is 32.1. The lowest BCUT2D eigenvalue weighted by molar-refractivity contribution is 0.967. The fourth-order valence-corrected chi connectivity index (χ4v) is 3.97. The van der Waals surface area contributed by atoms with E-state index < -0.39 is 0 Å². The molecule has 0 aliphatic rings. The van der Waals surface area contributed by atoms with E-state index in [0.29, 0.717) is 0 Å². The Morgan fingerprint density at radius 2 is 1.64 bits per heavy atom. The van der Waals surface area contributed by atoms with Crippen LogP contribution in [0.4, 0.5) is 0 Å². The normalized spacial score (nSPS) is 11.2. The molecule has 0 aliphatic heterocycles. The van der Waals surface area contributed by atoms with Gasteiger partial charge in [0.05, 0.1) is 10.2 Å². The van der Waals surface area contributed by atoms with Crippen molar-refractivity contribution >= 4 is 21.6 Å². The Hall–Kier alpha value is -2.39. The van der Waals surface area contributed by atoms with E-state index in [0.717, 1.165) is 10.5 Å². The van der Waals surface area contributed by atoms with Crippen LogP contribution in [0.25, 0.3) is 26.5 Å². The van der Waals surface area contributed by atoms with Crippen molar-refractivity contribution in [1.29, 1.82) is 0 Å². The average Bonchev–Trinajstić information content (AvgIpc) is 3.09. The smallest absolute Gasteiger partial charge is 0.126 e. The number of rotatable bonds is 2. The number of thiazole rings is 1. The van der Waals surface area contributed by atoms with Gasteiger partial charge in [-0.05, 0) is 44.2 Å². The Labute approximate surface area is 133 Å². The van der Waals surface area contributed by atoms with Crippen molar-refractivity contribution in [2.24, 2.45) is 0 Å². The maximum atomic E-state index is 4.80. The summed E-state index contributed by atoms with van der Waals surface area (Å²) in [4.78, 5) is 4.80. The van der Waals surface area contributed by atoms with E-state index in [2.05, 4.69) is 66.9 Å². The summed E-state index contributed by atoms with van der Waals surface area (Å²) >= 11 is 1.76. The number of hydrogen-bond donors (Lipinski definition) is 0. The lowest BCUT2D eigenvalue weighted by Crippen LogP contribution is -1.98. The van der Waals surface area contributed by atoms with Gasteiger partial charge in [-0.2, -0.15) is 0 Å². The van der Waals surface area contributed by atoms with Gasteiger partial charge in [0.25, 0.3) is 0 Å². The van der Waals surface area contributed by atoms with Gasteiger partial charge in [-0.25, -0.2) is 4.98 Å². The number of aromatic nitrogens is 2. The predicted octanol–water partition coefficient (Wildman–Crippen LogP) is 5.37. The van der Waals surface area contributed by atoms with E-state index >= 15 is 0 Å². The van der Waals surface area contributed by atoms with E-state index in [-0.39, 0.29) is 0 Å². The maximum Gasteiger partial charge on any atom is 0.126 e. The number of aryl methyl sites for hydroxylation is 1. The third-order valence-corrected chi connectivity index (χ3v) is 5.04. The third kappa shape index (κ3) is 2.06. The van der Waals surface area contributed by atoms with Crippen molar-refractivity contribution in [3.63, 3.8) is 0 Å². The van der Waals surface area contributed by atoms with Crippen LogP contribution < -0.4 is 0 Å². The predicted molar refractivity (Wildman–Crippen MR) is 93.9 cm³/mol. The van der Waals surface area contributed by atoms with Crippen LogP contribution in [0.15, 0.2) is 60.7 Å². The molecule has 3 heteroatoms. The highest BCUT2D eigenvalue weighted by Crippen LogP contribution is 2.34. The molecule has 2 heterocycles. The number of nitrogens with zero attached hydrogens (tertiary/aromatic N) is 2. The second kappa shape index (κ2) is 5.11. The zero-order chi connectivity index (χ0) is 15.1. The number of fused-ring (bicyclic) bond motifs is 1. The molecule has 0 saturated carbocycles. The summed E-state index contributed by atoms with van der Waals surface area (Å²) in [5.74, 6) is 0. The van der Waals surface area contributed by atoms with E-state index in [9.17, 15) is 0 Å². The molecule has 4 aromatic rings. The standard InChI is InChI=1S/C19H16N2S/c1-13-12-16(14(2)21(13)15-8-4-3-5-9-15)19-20-17-10-6-7-11-18(17)22-19/h3-12H,1-2H3. The molecule has 2 nitrogen and oxygen atoms in total. The summed E-state index contributed by atoms with van der Waals surface area (Å²) in [6.45, 7) is 4.32. The van der Waals surface area contributed by atoms with Crippen LogP contribution in [0, 0.1) is 13.8 Å². The monoisotopic (exact) mass is 304 g/mol. The van der Waals surface area contributed by atoms with E-state index in [1.54, 1.807) is 11.3 Å². The van der Waals surface area contributed by atoms with Crippen molar-refractivity contribution < 1.29 is 0 Å². The topological polar surface area (TPSA) is 17.8 Å². The fourth-order valence-electron chi connectivity index (χ4n) is 2.94. The van der Waals surface area contributed by atoms with Crippen LogP contribution in [-0.2, 0) is 0 Å². The van der Waals surface area contributed by atoms with E-state index in [4.69, 9.17) is 4.98 Å². The van der Waals surface area contributed by atoms with Crippen molar-refractivity contribution in [2.75, 3.05) is 0 Å². The van der Waals surface area contributed by atoms with Crippen LogP contribution >= 0.6 is 11.3 Å². The van der Waals surface area contributed by atoms with Gasteiger partial charge in [0.2, 0.25) is 0 Å². The Bertz CT molecular complexity index is 915. The molecule has 0 unspecified atom stereocenters. The molecule has 0 aliphatic carbocycles. The van der Waals surface area contributed by atoms with Gasteiger partial charge in [-0.3, -0.25) is 0 Å². The number of para-hydroxylation sites is 2. The molecule has 0 fully saturated rings. The first-order chi connectivity index (χ1) is 10.7. The summed E-state index contributed by atoms with van der Waals surface area (Å²) in [7, 11) is 0. The maximum absolute atomic E-state index is 4.80. The molecule has 2 aromatic carbocycles. The molecule has 0 spiro atoms. The summed E-state index contributed by atoms with van der Waals surface area (Å²) in [6.07, 6.45) is 0. The molecule has 108 valence electrons. The molecular formula is C19H16N2S. The number of hydrogen-bond acceptors (Lipinski definition) is 2. The lowest BCUT2D eigenvalue weighted by atomic mass is 10.2. The molecule has 2 aromatic heterocycles. The van der Waals surface area contributed by atoms with Gasteiger partial charge in [0, 0.05) is 22.6 Å². The Morgan fingerprint density at radius 1 is 0.909 bits per heavy atom. The lowest BCUT2D eigenvalue weighted by Gasteiger charge is -2.09. The molecule has 4 rings (SSSR count). The number of benzene rings is 2. The SMILES string of the molecule is Cc1cc(-c2nc3ccccc3s2)c(C)n1-c1ccccc1. The van der Waals surface area contributed by atoms with Crippen LogP contribution in [0.2, 0.25) is 0 Å². The van der Waals surface area contributed by atoms with Gasteiger partial charge >= 0.3 is 0 Å². The molecule has 22 heavy (non-hydrogen) atoms. The second-order valence-corrected chi connectivity index (χ2v) is 6.47. The highest BCUT2D eigenvalue weighted by Gasteiger charge is 2.15. The van der Waals surface area contributed by atoms with Crippen LogP contribution in [-0.4, -0.2) is 9.55 Å². The van der Waals surface area contributed by atoms with Crippen molar-refractivity contribution in [3.05, 3.63) is 72.1 Å².